The Labute approximate surface area is 121 Å². The van der Waals surface area contributed by atoms with E-state index in [1.165, 1.54) is 19.3 Å². The molecule has 1 amide bonds. The summed E-state index contributed by atoms with van der Waals surface area (Å²) in [5.74, 6) is 0.00480. The van der Waals surface area contributed by atoms with Gasteiger partial charge in [-0.3, -0.25) is 4.79 Å². The van der Waals surface area contributed by atoms with Crippen LogP contribution < -0.4 is 11.1 Å². The van der Waals surface area contributed by atoms with Crippen molar-refractivity contribution in [2.45, 2.75) is 45.4 Å². The van der Waals surface area contributed by atoms with Crippen LogP contribution in [0.25, 0.3) is 0 Å². The molecule has 0 fully saturated rings. The number of nitrogen functional groups attached to an aromatic ring is 1. The first-order valence-electron chi connectivity index (χ1n) is 7.45. The molecule has 4 nitrogen and oxygen atoms in total. The molecular weight excluding hydrogens is 252 g/mol. The standard InChI is InChI=1S/C16H26N2O2/c1-2-3-4-5-11-20-12-7-10-16(19)18-15-9-6-8-14(17)13-15/h6,8-9,13H,2-5,7,10-12,17H2,1H3,(H,18,19). The second-order valence-electron chi connectivity index (χ2n) is 4.95. The number of ether oxygens (including phenoxy) is 1. The van der Waals surface area contributed by atoms with E-state index in [-0.39, 0.29) is 5.91 Å². The number of benzene rings is 1. The lowest BCUT2D eigenvalue weighted by Crippen LogP contribution is -2.12. The van der Waals surface area contributed by atoms with E-state index in [0.29, 0.717) is 18.7 Å². The maximum absolute atomic E-state index is 11.7. The van der Waals surface area contributed by atoms with Gasteiger partial charge in [-0.05, 0) is 31.0 Å². The van der Waals surface area contributed by atoms with Gasteiger partial charge in [-0.15, -0.1) is 0 Å². The highest BCUT2D eigenvalue weighted by molar-refractivity contribution is 5.91. The Kier molecular flexibility index (Phi) is 8.47. The number of hydrogen-bond donors (Lipinski definition) is 2. The maximum Gasteiger partial charge on any atom is 0.224 e. The highest BCUT2D eigenvalue weighted by Crippen LogP contribution is 2.12. The molecule has 0 aliphatic heterocycles. The number of carbonyl (C=O) groups excluding carboxylic acids is 1. The second kappa shape index (κ2) is 10.3. The fourth-order valence-corrected chi connectivity index (χ4v) is 1.91. The highest BCUT2D eigenvalue weighted by atomic mass is 16.5. The summed E-state index contributed by atoms with van der Waals surface area (Å²) in [5.41, 5.74) is 7.05. The number of unbranched alkanes of at least 4 members (excludes halogenated alkanes) is 3. The molecule has 0 unspecified atom stereocenters. The summed E-state index contributed by atoms with van der Waals surface area (Å²) in [7, 11) is 0. The number of nitrogens with one attached hydrogen (secondary N) is 1. The van der Waals surface area contributed by atoms with Gasteiger partial charge in [-0.2, -0.15) is 0 Å². The minimum atomic E-state index is 0.00480. The number of carbonyl (C=O) groups is 1. The molecule has 0 bridgehead atoms. The van der Waals surface area contributed by atoms with Crippen molar-refractivity contribution in [3.63, 3.8) is 0 Å². The van der Waals surface area contributed by atoms with Crippen molar-refractivity contribution in [2.24, 2.45) is 0 Å². The Morgan fingerprint density at radius 2 is 2.00 bits per heavy atom. The molecule has 0 aliphatic rings. The number of hydrogen-bond acceptors (Lipinski definition) is 3. The molecule has 1 rings (SSSR count). The van der Waals surface area contributed by atoms with Crippen molar-refractivity contribution in [1.82, 2.24) is 0 Å². The Balaban J connectivity index is 2.03. The molecular formula is C16H26N2O2. The van der Waals surface area contributed by atoms with Crippen molar-refractivity contribution < 1.29 is 9.53 Å². The first-order chi connectivity index (χ1) is 9.72. The quantitative estimate of drug-likeness (QED) is 0.508. The lowest BCUT2D eigenvalue weighted by Gasteiger charge is -2.06. The summed E-state index contributed by atoms with van der Waals surface area (Å²) in [5, 5.41) is 2.83. The number of amides is 1. The highest BCUT2D eigenvalue weighted by Gasteiger charge is 2.02. The van der Waals surface area contributed by atoms with E-state index in [1.54, 1.807) is 12.1 Å². The molecule has 3 N–H and O–H groups in total. The zero-order chi connectivity index (χ0) is 14.6. The second-order valence-corrected chi connectivity index (χ2v) is 4.95. The molecule has 1 aromatic rings. The van der Waals surface area contributed by atoms with Crippen LogP contribution in [0.2, 0.25) is 0 Å². The number of nitrogens with two attached hydrogens (primary N) is 1. The van der Waals surface area contributed by atoms with Crippen LogP contribution in [0, 0.1) is 0 Å². The van der Waals surface area contributed by atoms with E-state index in [4.69, 9.17) is 10.5 Å². The third-order valence-corrected chi connectivity index (χ3v) is 3.01. The smallest absolute Gasteiger partial charge is 0.224 e. The summed E-state index contributed by atoms with van der Waals surface area (Å²) in [4.78, 5) is 11.7. The van der Waals surface area contributed by atoms with Crippen LogP contribution in [0.1, 0.15) is 45.4 Å². The topological polar surface area (TPSA) is 64.3 Å². The fraction of sp³-hybridized carbons (Fsp3) is 0.562. The molecule has 0 aromatic heterocycles. The van der Waals surface area contributed by atoms with Crippen LogP contribution in [0.5, 0.6) is 0 Å². The largest absolute Gasteiger partial charge is 0.399 e. The third-order valence-electron chi connectivity index (χ3n) is 3.01. The molecule has 0 saturated carbocycles. The van der Waals surface area contributed by atoms with Gasteiger partial charge in [0.25, 0.3) is 0 Å². The van der Waals surface area contributed by atoms with Crippen molar-refractivity contribution >= 4 is 17.3 Å². The lowest BCUT2D eigenvalue weighted by atomic mass is 10.2. The van der Waals surface area contributed by atoms with Crippen molar-refractivity contribution in [3.8, 4) is 0 Å². The van der Waals surface area contributed by atoms with E-state index in [9.17, 15) is 4.79 Å². The van der Waals surface area contributed by atoms with Gasteiger partial charge in [-0.1, -0.05) is 32.3 Å². The molecule has 4 heteroatoms. The van der Waals surface area contributed by atoms with E-state index >= 15 is 0 Å². The van der Waals surface area contributed by atoms with Crippen molar-refractivity contribution in [2.75, 3.05) is 24.3 Å². The van der Waals surface area contributed by atoms with Gasteiger partial charge in [0, 0.05) is 31.0 Å². The van der Waals surface area contributed by atoms with Crippen molar-refractivity contribution in [3.05, 3.63) is 24.3 Å². The van der Waals surface area contributed by atoms with Crippen LogP contribution in [-0.2, 0) is 9.53 Å². The Morgan fingerprint density at radius 3 is 2.75 bits per heavy atom. The van der Waals surface area contributed by atoms with Gasteiger partial charge in [0.2, 0.25) is 5.91 Å². The molecule has 0 heterocycles. The van der Waals surface area contributed by atoms with Gasteiger partial charge < -0.3 is 15.8 Å². The lowest BCUT2D eigenvalue weighted by molar-refractivity contribution is -0.116. The van der Waals surface area contributed by atoms with E-state index in [2.05, 4.69) is 12.2 Å². The summed E-state index contributed by atoms with van der Waals surface area (Å²) in [6.45, 7) is 3.65. The maximum atomic E-state index is 11.7. The van der Waals surface area contributed by atoms with E-state index < -0.39 is 0 Å². The molecule has 0 radical (unpaired) electrons. The first-order valence-corrected chi connectivity index (χ1v) is 7.45. The molecule has 112 valence electrons. The Bertz CT molecular complexity index is 394. The van der Waals surface area contributed by atoms with Crippen LogP contribution in [0.3, 0.4) is 0 Å². The van der Waals surface area contributed by atoms with Gasteiger partial charge in [0.15, 0.2) is 0 Å². The normalized spacial score (nSPS) is 10.4. The number of rotatable bonds is 10. The van der Waals surface area contributed by atoms with Crippen LogP contribution in [0.4, 0.5) is 11.4 Å². The minimum Gasteiger partial charge on any atom is -0.399 e. The zero-order valence-corrected chi connectivity index (χ0v) is 12.4. The van der Waals surface area contributed by atoms with E-state index in [0.717, 1.165) is 25.1 Å². The summed E-state index contributed by atoms with van der Waals surface area (Å²) in [6, 6.07) is 7.20. The average molecular weight is 278 g/mol. The number of anilines is 2. The van der Waals surface area contributed by atoms with Gasteiger partial charge >= 0.3 is 0 Å². The SMILES string of the molecule is CCCCCCOCCCC(=O)Nc1cccc(N)c1. The summed E-state index contributed by atoms with van der Waals surface area (Å²) in [6.07, 6.45) is 6.08. The predicted molar refractivity (Wildman–Crippen MR) is 83.7 cm³/mol. The van der Waals surface area contributed by atoms with Crippen molar-refractivity contribution in [1.29, 1.82) is 0 Å². The molecule has 0 spiro atoms. The summed E-state index contributed by atoms with van der Waals surface area (Å²) < 4.78 is 5.50. The van der Waals surface area contributed by atoms with Crippen LogP contribution >= 0.6 is 0 Å². The minimum absolute atomic E-state index is 0.00480. The molecule has 0 atom stereocenters. The Hall–Kier alpha value is -1.55. The van der Waals surface area contributed by atoms with Gasteiger partial charge in [-0.25, -0.2) is 0 Å². The molecule has 0 aliphatic carbocycles. The average Bonchev–Trinajstić information content (AvgIpc) is 2.42. The monoisotopic (exact) mass is 278 g/mol. The molecule has 0 saturated heterocycles. The molecule has 20 heavy (non-hydrogen) atoms. The van der Waals surface area contributed by atoms with Gasteiger partial charge in [0.05, 0.1) is 0 Å². The van der Waals surface area contributed by atoms with E-state index in [1.807, 2.05) is 12.1 Å². The fourth-order valence-electron chi connectivity index (χ4n) is 1.91. The predicted octanol–water partition coefficient (Wildman–Crippen LogP) is 3.58. The van der Waals surface area contributed by atoms with Crippen LogP contribution in [-0.4, -0.2) is 19.1 Å². The molecule has 1 aromatic carbocycles. The zero-order valence-electron chi connectivity index (χ0n) is 12.4. The van der Waals surface area contributed by atoms with Crippen LogP contribution in [0.15, 0.2) is 24.3 Å². The third kappa shape index (κ3) is 7.79. The Morgan fingerprint density at radius 1 is 1.20 bits per heavy atom. The van der Waals surface area contributed by atoms with Gasteiger partial charge in [0.1, 0.15) is 0 Å². The summed E-state index contributed by atoms with van der Waals surface area (Å²) >= 11 is 0. The first kappa shape index (κ1) is 16.5.